The van der Waals surface area contributed by atoms with Crippen LogP contribution in [0.4, 0.5) is 15.4 Å². The first kappa shape index (κ1) is 22.8. The number of hydrogen-bond acceptors (Lipinski definition) is 5. The number of fused-ring (bicyclic) bond motifs is 1. The van der Waals surface area contributed by atoms with Crippen LogP contribution in [-0.2, 0) is 15.9 Å². The lowest BCUT2D eigenvalue weighted by Gasteiger charge is -2.44. The van der Waals surface area contributed by atoms with Crippen LogP contribution in [0.25, 0.3) is 0 Å². The Morgan fingerprint density at radius 3 is 2.27 bits per heavy atom. The predicted octanol–water partition coefficient (Wildman–Crippen LogP) is 5.22. The standard InChI is InChI=1S/C22H32BrN3O4/c1-14-16(23)12-15-8-9-22(10-11-25(13-22)18(27)29-20(2,3)4)26(17(15)24-14)19(28)30-21(5,6)7/h12H,8-11,13H2,1-7H3. The van der Waals surface area contributed by atoms with E-state index in [1.807, 2.05) is 54.5 Å². The number of carbonyl (C=O) groups excluding carboxylic acids is 2. The van der Waals surface area contributed by atoms with Gasteiger partial charge in [-0.25, -0.2) is 14.6 Å². The van der Waals surface area contributed by atoms with Crippen molar-refractivity contribution in [1.82, 2.24) is 9.88 Å². The van der Waals surface area contributed by atoms with Gasteiger partial charge in [-0.05, 0) is 95.3 Å². The first-order chi connectivity index (χ1) is 13.7. The van der Waals surface area contributed by atoms with Gasteiger partial charge in [-0.1, -0.05) is 0 Å². The van der Waals surface area contributed by atoms with Crippen molar-refractivity contribution >= 4 is 33.9 Å². The smallest absolute Gasteiger partial charge is 0.416 e. The molecule has 1 fully saturated rings. The molecule has 1 spiro atoms. The minimum atomic E-state index is -0.635. The minimum Gasteiger partial charge on any atom is -0.444 e. The summed E-state index contributed by atoms with van der Waals surface area (Å²) in [5.41, 5.74) is 0.0476. The quantitative estimate of drug-likeness (QED) is 0.507. The number of carbonyl (C=O) groups is 2. The molecule has 0 saturated carbocycles. The minimum absolute atomic E-state index is 0.353. The van der Waals surface area contributed by atoms with E-state index in [1.54, 1.807) is 9.80 Å². The van der Waals surface area contributed by atoms with E-state index >= 15 is 0 Å². The molecule has 0 bridgehead atoms. The lowest BCUT2D eigenvalue weighted by molar-refractivity contribution is 0.0272. The molecule has 2 aliphatic heterocycles. The zero-order chi connectivity index (χ0) is 22.5. The Bertz CT molecular complexity index is 859. The maximum Gasteiger partial charge on any atom is 0.416 e. The number of aromatic nitrogens is 1. The van der Waals surface area contributed by atoms with Crippen LogP contribution in [-0.4, -0.2) is 51.9 Å². The molecule has 3 rings (SSSR count). The van der Waals surface area contributed by atoms with Gasteiger partial charge >= 0.3 is 12.2 Å². The third-order valence-electron chi connectivity index (χ3n) is 5.31. The van der Waals surface area contributed by atoms with Crippen LogP contribution in [0.1, 0.15) is 65.6 Å². The van der Waals surface area contributed by atoms with Crippen molar-refractivity contribution < 1.29 is 19.1 Å². The molecule has 30 heavy (non-hydrogen) atoms. The molecule has 1 aromatic heterocycles. The molecule has 1 saturated heterocycles. The van der Waals surface area contributed by atoms with E-state index in [4.69, 9.17) is 14.5 Å². The monoisotopic (exact) mass is 481 g/mol. The van der Waals surface area contributed by atoms with Crippen LogP contribution in [0, 0.1) is 6.92 Å². The number of anilines is 1. The van der Waals surface area contributed by atoms with Crippen molar-refractivity contribution in [2.75, 3.05) is 18.0 Å². The van der Waals surface area contributed by atoms with Crippen LogP contribution in [0.15, 0.2) is 10.5 Å². The molecule has 3 heterocycles. The van der Waals surface area contributed by atoms with Crippen LogP contribution >= 0.6 is 15.9 Å². The molecule has 2 amide bonds. The maximum absolute atomic E-state index is 13.4. The van der Waals surface area contributed by atoms with E-state index in [1.165, 1.54) is 0 Å². The van der Waals surface area contributed by atoms with Gasteiger partial charge in [0.1, 0.15) is 17.0 Å². The van der Waals surface area contributed by atoms with Gasteiger partial charge in [-0.15, -0.1) is 0 Å². The highest BCUT2D eigenvalue weighted by atomic mass is 79.9. The van der Waals surface area contributed by atoms with Gasteiger partial charge in [0.05, 0.1) is 11.2 Å². The number of hydrogen-bond donors (Lipinski definition) is 0. The molecule has 2 aliphatic rings. The first-order valence-corrected chi connectivity index (χ1v) is 11.2. The maximum atomic E-state index is 13.4. The van der Waals surface area contributed by atoms with Crippen molar-refractivity contribution in [3.63, 3.8) is 0 Å². The average Bonchev–Trinajstić information content (AvgIpc) is 2.98. The van der Waals surface area contributed by atoms with Gasteiger partial charge < -0.3 is 14.4 Å². The molecule has 1 aromatic rings. The zero-order valence-corrected chi connectivity index (χ0v) is 20.6. The molecular formula is C22H32BrN3O4. The van der Waals surface area contributed by atoms with E-state index in [0.29, 0.717) is 25.3 Å². The SMILES string of the molecule is Cc1nc2c(cc1Br)CCC1(CCN(C(=O)OC(C)(C)C)C1)N2C(=O)OC(C)(C)C. The van der Waals surface area contributed by atoms with Gasteiger partial charge in [-0.2, -0.15) is 0 Å². The van der Waals surface area contributed by atoms with Crippen LogP contribution < -0.4 is 4.90 Å². The Kier molecular flexibility index (Phi) is 5.86. The largest absolute Gasteiger partial charge is 0.444 e. The Labute approximate surface area is 187 Å². The zero-order valence-electron chi connectivity index (χ0n) is 19.0. The van der Waals surface area contributed by atoms with Gasteiger partial charge in [0.25, 0.3) is 0 Å². The summed E-state index contributed by atoms with van der Waals surface area (Å²) in [6.07, 6.45) is 1.39. The number of aryl methyl sites for hydroxylation is 2. The number of amides is 2. The summed E-state index contributed by atoms with van der Waals surface area (Å²) in [5, 5.41) is 0. The molecule has 7 nitrogen and oxygen atoms in total. The molecule has 0 aliphatic carbocycles. The molecule has 0 N–H and O–H groups in total. The van der Waals surface area contributed by atoms with Crippen LogP contribution in [0.3, 0.4) is 0 Å². The fourth-order valence-electron chi connectivity index (χ4n) is 4.00. The highest BCUT2D eigenvalue weighted by Crippen LogP contribution is 2.43. The fraction of sp³-hybridized carbons (Fsp3) is 0.682. The topological polar surface area (TPSA) is 72.0 Å². The van der Waals surface area contributed by atoms with E-state index in [0.717, 1.165) is 28.6 Å². The molecule has 0 radical (unpaired) electrons. The highest BCUT2D eigenvalue weighted by Gasteiger charge is 2.52. The molecule has 1 atom stereocenters. The number of nitrogens with zero attached hydrogens (tertiary/aromatic N) is 3. The Hall–Kier alpha value is -1.83. The molecule has 8 heteroatoms. The second-order valence-electron chi connectivity index (χ2n) is 10.2. The lowest BCUT2D eigenvalue weighted by atomic mass is 9.84. The van der Waals surface area contributed by atoms with Crippen LogP contribution in [0.5, 0.6) is 0 Å². The third-order valence-corrected chi connectivity index (χ3v) is 6.12. The molecule has 166 valence electrons. The van der Waals surface area contributed by atoms with Crippen molar-refractivity contribution in [3.05, 3.63) is 21.8 Å². The first-order valence-electron chi connectivity index (χ1n) is 10.4. The van der Waals surface area contributed by atoms with Crippen molar-refractivity contribution in [1.29, 1.82) is 0 Å². The summed E-state index contributed by atoms with van der Waals surface area (Å²) in [5.74, 6) is 0.627. The summed E-state index contributed by atoms with van der Waals surface area (Å²) in [6.45, 7) is 13.9. The third kappa shape index (κ3) is 4.74. The summed E-state index contributed by atoms with van der Waals surface area (Å²) < 4.78 is 12.3. The van der Waals surface area contributed by atoms with Gasteiger partial charge in [0.15, 0.2) is 0 Å². The molecule has 0 aromatic carbocycles. The van der Waals surface area contributed by atoms with E-state index in [-0.39, 0.29) is 6.09 Å². The summed E-state index contributed by atoms with van der Waals surface area (Å²) in [4.78, 5) is 34.2. The second kappa shape index (κ2) is 7.70. The average molecular weight is 482 g/mol. The summed E-state index contributed by atoms with van der Waals surface area (Å²) >= 11 is 3.54. The fourth-order valence-corrected chi connectivity index (χ4v) is 4.37. The van der Waals surface area contributed by atoms with Gasteiger partial charge in [0.2, 0.25) is 0 Å². The molecular weight excluding hydrogens is 450 g/mol. The number of rotatable bonds is 0. The second-order valence-corrected chi connectivity index (χ2v) is 11.1. The number of ether oxygens (including phenoxy) is 2. The number of likely N-dealkylation sites (tertiary alicyclic amines) is 1. The van der Waals surface area contributed by atoms with E-state index in [2.05, 4.69) is 15.9 Å². The highest BCUT2D eigenvalue weighted by molar-refractivity contribution is 9.10. The van der Waals surface area contributed by atoms with Gasteiger partial charge in [-0.3, -0.25) is 4.90 Å². The van der Waals surface area contributed by atoms with Gasteiger partial charge in [0, 0.05) is 17.6 Å². The summed E-state index contributed by atoms with van der Waals surface area (Å²) in [6, 6.07) is 2.03. The number of pyridine rings is 1. The Morgan fingerprint density at radius 2 is 1.67 bits per heavy atom. The number of halogens is 1. The Morgan fingerprint density at radius 1 is 1.07 bits per heavy atom. The van der Waals surface area contributed by atoms with Crippen molar-refractivity contribution in [3.8, 4) is 0 Å². The van der Waals surface area contributed by atoms with E-state index in [9.17, 15) is 9.59 Å². The Balaban J connectivity index is 1.98. The normalized spacial score (nSPS) is 21.6. The van der Waals surface area contributed by atoms with Crippen molar-refractivity contribution in [2.45, 2.75) is 84.5 Å². The lowest BCUT2D eigenvalue weighted by Crippen LogP contribution is -2.58. The summed E-state index contributed by atoms with van der Waals surface area (Å²) in [7, 11) is 0. The predicted molar refractivity (Wildman–Crippen MR) is 119 cm³/mol. The van der Waals surface area contributed by atoms with Crippen molar-refractivity contribution in [2.24, 2.45) is 0 Å². The van der Waals surface area contributed by atoms with Crippen LogP contribution in [0.2, 0.25) is 0 Å². The molecule has 1 unspecified atom stereocenters. The van der Waals surface area contributed by atoms with E-state index < -0.39 is 22.8 Å².